The average molecular weight is 920 g/mol. The Labute approximate surface area is 346 Å². The number of ether oxygens (including phenoxy) is 3. The van der Waals surface area contributed by atoms with Gasteiger partial charge in [-0.15, -0.1) is 0 Å². The minimum absolute atomic E-state index is 0.170. The molecule has 19 heteroatoms. The third-order valence-electron chi connectivity index (χ3n) is 7.70. The molecule has 0 saturated carbocycles. The van der Waals surface area contributed by atoms with Crippen LogP contribution in [-0.2, 0) is 49.6 Å². The molecule has 2 heterocycles. The summed E-state index contributed by atoms with van der Waals surface area (Å²) in [7, 11) is -16.8. The van der Waals surface area contributed by atoms with Gasteiger partial charge in [0.25, 0.3) is 0 Å². The van der Waals surface area contributed by atoms with Crippen molar-refractivity contribution in [2.24, 2.45) is 0 Å². The lowest BCUT2D eigenvalue weighted by atomic mass is 9.98. The zero-order valence-corrected chi connectivity index (χ0v) is 47.7. The van der Waals surface area contributed by atoms with Crippen LogP contribution in [0.15, 0.2) is 0 Å². The molecule has 2 rings (SSSR count). The molecule has 10 atom stereocenters. The van der Waals surface area contributed by atoms with Crippen molar-refractivity contribution in [1.29, 1.82) is 0 Å². The Bertz CT molecular complexity index is 1180. The van der Waals surface area contributed by atoms with Gasteiger partial charge in [0, 0.05) is 0 Å². The highest BCUT2D eigenvalue weighted by molar-refractivity contribution is 6.72. The smallest absolute Gasteiger partial charge is 0.187 e. The maximum Gasteiger partial charge on any atom is 0.187 e. The van der Waals surface area contributed by atoms with Gasteiger partial charge in [-0.1, -0.05) is 0 Å². The van der Waals surface area contributed by atoms with Crippen molar-refractivity contribution >= 4 is 66.5 Å². The first-order valence-electron chi connectivity index (χ1n) is 20.5. The van der Waals surface area contributed by atoms with E-state index >= 15 is 0 Å². The quantitative estimate of drug-likeness (QED) is 0.109. The largest absolute Gasteiger partial charge is 0.415 e. The molecule has 2 aliphatic heterocycles. The Morgan fingerprint density at radius 1 is 0.291 bits per heavy atom. The molecule has 0 aromatic carbocycles. The Morgan fingerprint density at radius 2 is 0.564 bits per heavy atom. The van der Waals surface area contributed by atoms with Crippen LogP contribution in [0.5, 0.6) is 0 Å². The molecular weight excluding hydrogens is 833 g/mol. The van der Waals surface area contributed by atoms with Crippen molar-refractivity contribution in [3.8, 4) is 0 Å². The lowest BCUT2D eigenvalue weighted by Gasteiger charge is -2.53. The van der Waals surface area contributed by atoms with Crippen LogP contribution in [0.2, 0.25) is 157 Å². The second-order valence-corrected chi connectivity index (χ2v) is 59.0. The molecule has 0 unspecified atom stereocenters. The lowest BCUT2D eigenvalue weighted by Crippen LogP contribution is -2.68. The highest BCUT2D eigenvalue weighted by Gasteiger charge is 2.55. The topological polar surface area (TPSA) is 102 Å². The number of hydrogen-bond acceptors (Lipinski definition) is 11. The molecule has 0 N–H and O–H groups in total. The predicted molar refractivity (Wildman–Crippen MR) is 246 cm³/mol. The summed E-state index contributed by atoms with van der Waals surface area (Å²) in [6.07, 6.45) is -5.02. The van der Waals surface area contributed by atoms with Gasteiger partial charge in [0.15, 0.2) is 79.1 Å². The first-order valence-corrected chi connectivity index (χ1v) is 47.8. The molecule has 0 aromatic rings. The molecule has 11 nitrogen and oxygen atoms in total. The summed E-state index contributed by atoms with van der Waals surface area (Å²) in [5.74, 6) is 0. The van der Waals surface area contributed by atoms with E-state index in [0.717, 1.165) is 0 Å². The van der Waals surface area contributed by atoms with Crippen LogP contribution in [-0.4, -0.2) is 141 Å². The van der Waals surface area contributed by atoms with Crippen molar-refractivity contribution in [2.75, 3.05) is 13.2 Å². The summed E-state index contributed by atoms with van der Waals surface area (Å²) < 4.78 is 76.8. The van der Waals surface area contributed by atoms with Crippen LogP contribution in [0.25, 0.3) is 0 Å². The fourth-order valence-electron chi connectivity index (χ4n) is 6.38. The molecule has 0 spiro atoms. The van der Waals surface area contributed by atoms with Crippen LogP contribution >= 0.6 is 0 Å². The van der Waals surface area contributed by atoms with Gasteiger partial charge < -0.3 is 49.6 Å². The standard InChI is InChI=1S/C36H86O11Si8/c1-48(2,3)38-26-28-30(42-50(7,8)9)31(43-51(10,11)12)33(45-53(16,17)18)35(39-28)37-25-27-29(41-49(4,5)6)32(44-52(13,14)15)34(46-54(19,20)21)36(40-27)47-55(22,23)24/h27-36H,25-26H2,1-24H3/t27-,28-,29-,30-,31+,32+,33-,34-,35+,36+/m0/s1. The fourth-order valence-corrected chi connectivity index (χ4v) is 14.4. The summed E-state index contributed by atoms with van der Waals surface area (Å²) in [6, 6.07) is 0. The molecule has 0 amide bonds. The van der Waals surface area contributed by atoms with E-state index in [1.807, 2.05) is 0 Å². The molecule has 2 fully saturated rings. The van der Waals surface area contributed by atoms with Crippen molar-refractivity contribution in [2.45, 2.75) is 219 Å². The lowest BCUT2D eigenvalue weighted by molar-refractivity contribution is -0.314. The minimum atomic E-state index is -2.17. The zero-order chi connectivity index (χ0) is 43.0. The zero-order valence-electron chi connectivity index (χ0n) is 39.7. The minimum Gasteiger partial charge on any atom is -0.415 e. The Morgan fingerprint density at radius 3 is 0.891 bits per heavy atom. The highest BCUT2D eigenvalue weighted by atomic mass is 28.4. The summed E-state index contributed by atoms with van der Waals surface area (Å²) in [5, 5.41) is 0. The van der Waals surface area contributed by atoms with Crippen molar-refractivity contribution in [3.05, 3.63) is 0 Å². The van der Waals surface area contributed by atoms with Crippen LogP contribution < -0.4 is 0 Å². The van der Waals surface area contributed by atoms with Gasteiger partial charge in [-0.3, -0.25) is 0 Å². The normalized spacial score (nSPS) is 31.2. The molecule has 328 valence electrons. The van der Waals surface area contributed by atoms with E-state index in [-0.39, 0.29) is 12.7 Å². The van der Waals surface area contributed by atoms with Crippen LogP contribution in [0, 0.1) is 0 Å². The van der Waals surface area contributed by atoms with E-state index < -0.39 is 122 Å². The maximum absolute atomic E-state index is 7.11. The van der Waals surface area contributed by atoms with Crippen molar-refractivity contribution in [1.82, 2.24) is 0 Å². The second-order valence-electron chi connectivity index (χ2n) is 23.2. The summed E-state index contributed by atoms with van der Waals surface area (Å²) in [4.78, 5) is 0. The summed E-state index contributed by atoms with van der Waals surface area (Å²) in [5.41, 5.74) is 0. The average Bonchev–Trinajstić information content (AvgIpc) is 2.87. The van der Waals surface area contributed by atoms with Crippen molar-refractivity contribution in [3.63, 3.8) is 0 Å². The number of hydrogen-bond donors (Lipinski definition) is 0. The van der Waals surface area contributed by atoms with Crippen molar-refractivity contribution < 1.29 is 49.6 Å². The highest BCUT2D eigenvalue weighted by Crippen LogP contribution is 2.38. The van der Waals surface area contributed by atoms with E-state index in [2.05, 4.69) is 157 Å². The Hall–Kier alpha value is 1.30. The van der Waals surface area contributed by atoms with Gasteiger partial charge in [0.2, 0.25) is 0 Å². The molecule has 0 radical (unpaired) electrons. The first kappa shape index (κ1) is 52.4. The summed E-state index contributed by atoms with van der Waals surface area (Å²) >= 11 is 0. The molecule has 2 saturated heterocycles. The third-order valence-corrected chi connectivity index (χ3v) is 15.5. The van der Waals surface area contributed by atoms with Crippen LogP contribution in [0.4, 0.5) is 0 Å². The third kappa shape index (κ3) is 20.6. The first-order chi connectivity index (χ1) is 24.2. The Kier molecular flexibility index (Phi) is 18.2. The van der Waals surface area contributed by atoms with Crippen LogP contribution in [0.3, 0.4) is 0 Å². The maximum atomic E-state index is 7.11. The van der Waals surface area contributed by atoms with Gasteiger partial charge >= 0.3 is 0 Å². The molecule has 0 aromatic heterocycles. The van der Waals surface area contributed by atoms with E-state index in [1.54, 1.807) is 0 Å². The summed E-state index contributed by atoms with van der Waals surface area (Å²) in [6.45, 7) is 53.4. The second kappa shape index (κ2) is 19.1. The van der Waals surface area contributed by atoms with Gasteiger partial charge in [0.05, 0.1) is 13.2 Å². The number of rotatable bonds is 20. The van der Waals surface area contributed by atoms with E-state index in [9.17, 15) is 0 Å². The molecule has 2 aliphatic rings. The predicted octanol–water partition coefficient (Wildman–Crippen LogP) is 9.48. The fraction of sp³-hybridized carbons (Fsp3) is 1.00. The van der Waals surface area contributed by atoms with Gasteiger partial charge in [-0.25, -0.2) is 0 Å². The van der Waals surface area contributed by atoms with Gasteiger partial charge in [-0.2, -0.15) is 0 Å². The molecule has 0 aliphatic carbocycles. The van der Waals surface area contributed by atoms with Gasteiger partial charge in [0.1, 0.15) is 48.8 Å². The van der Waals surface area contributed by atoms with E-state index in [0.29, 0.717) is 6.61 Å². The molecule has 55 heavy (non-hydrogen) atoms. The molecular formula is C36H86O11Si8. The van der Waals surface area contributed by atoms with Crippen LogP contribution in [0.1, 0.15) is 0 Å². The van der Waals surface area contributed by atoms with E-state index in [1.165, 1.54) is 0 Å². The van der Waals surface area contributed by atoms with Gasteiger partial charge in [-0.05, 0) is 157 Å². The SMILES string of the molecule is C[Si](C)(C)OC[C@@H]1O[C@@H](OC[C@@H]2O[C@H](O[Si](C)(C)C)[C@@H](O[Si](C)(C)C)[C@H](O[Si](C)(C)C)[C@H]2O[Si](C)(C)C)[C@@H](O[Si](C)(C)C)[C@H](O[Si](C)(C)C)[C@H]1O[Si](C)(C)C. The molecule has 0 bridgehead atoms. The Balaban J connectivity index is 2.76. The monoisotopic (exact) mass is 918 g/mol. The van der Waals surface area contributed by atoms with E-state index in [4.69, 9.17) is 49.6 Å².